The van der Waals surface area contributed by atoms with E-state index in [1.54, 1.807) is 50.5 Å². The number of carboxylic acid groups (broad SMARTS) is 1. The Hall–Kier alpha value is -8.22. The van der Waals surface area contributed by atoms with Gasteiger partial charge in [-0.2, -0.15) is 0 Å². The molecular formula is C69H97B2N11O17. The van der Waals surface area contributed by atoms with Crippen LogP contribution in [-0.2, 0) is 24.0 Å². The van der Waals surface area contributed by atoms with E-state index in [0.717, 1.165) is 80.3 Å². The summed E-state index contributed by atoms with van der Waals surface area (Å²) in [6.45, 7) is 8.18. The number of likely N-dealkylation sites (N-methyl/N-ethyl adjacent to an activating group) is 2. The SMILES string of the molecule is CNC(CCCCN)C(=O)Nc1ccc(NC(=O)c2cc(B(O)O)cc([N+](=O)[O-])c2)cc1.CNC(CCCCNC(=O)CCC(NC(=O)CCC(C)C1CCC2C3CCC4CC(O)CC[C@@]4(C)C3CC[C@@]12C)C(=O)O)C(=O)Nc1ccc(NC(=O)c2cc(B(O)O)cc([N+](=O)[O-])c2)cc1. The molecule has 16 N–H and O–H groups in total. The zero-order chi connectivity index (χ0) is 72.3. The molecule has 0 spiro atoms. The van der Waals surface area contributed by atoms with Gasteiger partial charge in [-0.3, -0.25) is 49.0 Å². The lowest BCUT2D eigenvalue weighted by atomic mass is 9.44. The maximum Gasteiger partial charge on any atom is 0.488 e. The summed E-state index contributed by atoms with van der Waals surface area (Å²) in [6.07, 6.45) is 15.0. The van der Waals surface area contributed by atoms with Crippen LogP contribution in [0.15, 0.2) is 84.9 Å². The molecule has 536 valence electrons. The molecule has 4 aromatic carbocycles. The average Bonchev–Trinajstić information content (AvgIpc) is 1.68. The van der Waals surface area contributed by atoms with E-state index in [-0.39, 0.29) is 82.5 Å². The third kappa shape index (κ3) is 21.2. The molecule has 28 nitrogen and oxygen atoms in total. The topological polar surface area (TPSA) is 449 Å². The number of aliphatic hydroxyl groups is 1. The molecule has 4 saturated carbocycles. The number of anilines is 4. The number of nitrogens with two attached hydrogens (primary N) is 1. The summed E-state index contributed by atoms with van der Waals surface area (Å²) in [5.41, 5.74) is 6.22. The quantitative estimate of drug-likeness (QED) is 0.0127. The van der Waals surface area contributed by atoms with Crippen LogP contribution in [0.4, 0.5) is 34.1 Å². The Balaban J connectivity index is 0.000000360. The van der Waals surface area contributed by atoms with Crippen LogP contribution in [0.5, 0.6) is 0 Å². The van der Waals surface area contributed by atoms with Gasteiger partial charge in [0.1, 0.15) is 6.04 Å². The van der Waals surface area contributed by atoms with E-state index in [0.29, 0.717) is 97.0 Å². The van der Waals surface area contributed by atoms with Crippen molar-refractivity contribution in [3.63, 3.8) is 0 Å². The molecule has 0 aromatic heterocycles. The minimum absolute atomic E-state index is 0.0320. The predicted molar refractivity (Wildman–Crippen MR) is 376 cm³/mol. The van der Waals surface area contributed by atoms with Crippen molar-refractivity contribution in [1.29, 1.82) is 0 Å². The molecule has 8 rings (SSSR count). The van der Waals surface area contributed by atoms with Crippen LogP contribution in [0.1, 0.15) is 163 Å². The lowest BCUT2D eigenvalue weighted by Crippen LogP contribution is -2.54. The van der Waals surface area contributed by atoms with Gasteiger partial charge in [0, 0.05) is 77.5 Å². The summed E-state index contributed by atoms with van der Waals surface area (Å²) < 4.78 is 0. The molecule has 0 heterocycles. The van der Waals surface area contributed by atoms with Gasteiger partial charge < -0.3 is 78.6 Å². The number of carbonyl (C=O) groups is 7. The van der Waals surface area contributed by atoms with E-state index in [2.05, 4.69) is 63.3 Å². The molecule has 0 aliphatic heterocycles. The van der Waals surface area contributed by atoms with Crippen molar-refractivity contribution >= 4 is 101 Å². The molecule has 4 aromatic rings. The number of nitro groups is 2. The Kier molecular flexibility index (Phi) is 28.6. The van der Waals surface area contributed by atoms with Crippen molar-refractivity contribution in [2.45, 2.75) is 167 Å². The van der Waals surface area contributed by atoms with Crippen LogP contribution >= 0.6 is 0 Å². The highest BCUT2D eigenvalue weighted by Gasteiger charge is 2.60. The summed E-state index contributed by atoms with van der Waals surface area (Å²) in [6, 6.07) is 16.8. The summed E-state index contributed by atoms with van der Waals surface area (Å²) in [5.74, 6) is 0.000594. The van der Waals surface area contributed by atoms with Gasteiger partial charge >= 0.3 is 20.2 Å². The number of amides is 6. The first-order valence-corrected chi connectivity index (χ1v) is 34.3. The highest BCUT2D eigenvalue weighted by molar-refractivity contribution is 6.59. The number of hydrogen-bond acceptors (Lipinski definition) is 19. The van der Waals surface area contributed by atoms with Crippen molar-refractivity contribution in [3.8, 4) is 0 Å². The number of carbonyl (C=O) groups excluding carboxylic acids is 6. The van der Waals surface area contributed by atoms with Gasteiger partial charge in [-0.25, -0.2) is 4.79 Å². The Bertz CT molecular complexity index is 3480. The second-order valence-corrected chi connectivity index (χ2v) is 27.6. The first-order chi connectivity index (χ1) is 47.1. The number of nitrogens with zero attached hydrogens (tertiary/aromatic N) is 2. The first kappa shape index (κ1) is 78.1. The zero-order valence-corrected chi connectivity index (χ0v) is 57.0. The summed E-state index contributed by atoms with van der Waals surface area (Å²) in [7, 11) is -0.600. The monoisotopic (exact) mass is 1370 g/mol. The van der Waals surface area contributed by atoms with Gasteiger partial charge in [0.25, 0.3) is 23.2 Å². The van der Waals surface area contributed by atoms with Gasteiger partial charge in [0.2, 0.25) is 23.6 Å². The van der Waals surface area contributed by atoms with E-state index in [1.807, 2.05) is 0 Å². The first-order valence-electron chi connectivity index (χ1n) is 34.3. The molecular weight excluding hydrogens is 1280 g/mol. The number of nitro benzene ring substituents is 2. The fraction of sp³-hybridized carbons (Fsp3) is 0.551. The molecule has 12 atom stereocenters. The van der Waals surface area contributed by atoms with E-state index < -0.39 is 65.3 Å². The number of benzene rings is 4. The molecule has 4 aliphatic carbocycles. The Morgan fingerprint density at radius 3 is 1.54 bits per heavy atom. The van der Waals surface area contributed by atoms with Crippen LogP contribution in [0.3, 0.4) is 0 Å². The van der Waals surface area contributed by atoms with Crippen LogP contribution in [-0.4, -0.2) is 147 Å². The summed E-state index contributed by atoms with van der Waals surface area (Å²) >= 11 is 0. The number of rotatable bonds is 32. The Morgan fingerprint density at radius 2 is 1.06 bits per heavy atom. The molecule has 4 aliphatic rings. The van der Waals surface area contributed by atoms with Gasteiger partial charge in [0.15, 0.2) is 0 Å². The number of aliphatic hydroxyl groups excluding tert-OH is 1. The lowest BCUT2D eigenvalue weighted by Gasteiger charge is -2.61. The highest BCUT2D eigenvalue weighted by Crippen LogP contribution is 2.68. The fourth-order valence-electron chi connectivity index (χ4n) is 15.8. The van der Waals surface area contributed by atoms with Crippen LogP contribution < -0.4 is 59.2 Å². The van der Waals surface area contributed by atoms with E-state index in [9.17, 15) is 84.1 Å². The highest BCUT2D eigenvalue weighted by atomic mass is 16.6. The van der Waals surface area contributed by atoms with E-state index >= 15 is 0 Å². The second kappa shape index (κ2) is 36.2. The standard InChI is InChI=1S/C49H71BN6O11.C20H26BN5O6/c1-29(38-15-16-39-37-14-9-31-27-36(57)20-22-48(31,2)40(37)21-23-49(38,39)3)8-18-44(59)55-42(47(62)63)17-19-43(58)52-24-6-5-7-41(51-4)46(61)54-34-12-10-33(11-13-34)53-45(60)30-25-32(50(64)65)28-35(26-30)56(66)67;1-23-18(4-2-3-9-22)20(28)25-16-7-5-15(6-8-16)24-19(27)13-10-14(21(29)30)12-17(11-13)26(31)32/h10-13,25-26,28-29,31,36-42,51,57,64-65H,5-9,14-24,27H2,1-4H3,(H,52,58)(H,53,60)(H,54,61)(H,55,59)(H,62,63);5-8,10-12,18,23,29-30H,2-4,9,22H2,1H3,(H,24,27)(H,25,28)/t29?,31?,36?,37?,38?,39?,40?,41?,42?,48-,49+;/m1./s1. The zero-order valence-electron chi connectivity index (χ0n) is 57.0. The Morgan fingerprint density at radius 1 is 0.586 bits per heavy atom. The third-order valence-electron chi connectivity index (χ3n) is 21.3. The van der Waals surface area contributed by atoms with Gasteiger partial charge in [-0.05, 0) is 241 Å². The van der Waals surface area contributed by atoms with Gasteiger partial charge in [-0.15, -0.1) is 0 Å². The van der Waals surface area contributed by atoms with Crippen molar-refractivity contribution in [2.24, 2.45) is 52.1 Å². The molecule has 4 fully saturated rings. The number of fused-ring (bicyclic) bond motifs is 5. The number of nitrogens with one attached hydrogen (secondary N) is 8. The molecule has 0 bridgehead atoms. The molecule has 0 saturated heterocycles. The van der Waals surface area contributed by atoms with Gasteiger partial charge in [-0.1, -0.05) is 27.2 Å². The maximum absolute atomic E-state index is 13.1. The van der Waals surface area contributed by atoms with Crippen molar-refractivity contribution in [2.75, 3.05) is 48.5 Å². The summed E-state index contributed by atoms with van der Waals surface area (Å²) in [5, 5.41) is 102. The number of aliphatic carboxylic acids is 1. The third-order valence-corrected chi connectivity index (χ3v) is 21.3. The van der Waals surface area contributed by atoms with Crippen molar-refractivity contribution in [1.82, 2.24) is 21.3 Å². The van der Waals surface area contributed by atoms with Gasteiger partial charge in [0.05, 0.1) is 28.0 Å². The molecule has 6 amide bonds. The molecule has 99 heavy (non-hydrogen) atoms. The minimum Gasteiger partial charge on any atom is -0.480 e. The summed E-state index contributed by atoms with van der Waals surface area (Å²) in [4.78, 5) is 109. The maximum atomic E-state index is 13.1. The van der Waals surface area contributed by atoms with Crippen LogP contribution in [0, 0.1) is 66.6 Å². The number of unbranched alkanes of at least 4 members (excludes halogenated alkanes) is 2. The number of hydrogen-bond donors (Lipinski definition) is 15. The Labute approximate surface area is 577 Å². The van der Waals surface area contributed by atoms with Crippen molar-refractivity contribution in [3.05, 3.63) is 116 Å². The van der Waals surface area contributed by atoms with Crippen LogP contribution in [0.25, 0.3) is 0 Å². The fourth-order valence-corrected chi connectivity index (χ4v) is 15.8. The molecule has 10 unspecified atom stereocenters. The van der Waals surface area contributed by atoms with Crippen molar-refractivity contribution < 1.29 is 73.7 Å². The van der Waals surface area contributed by atoms with E-state index in [1.165, 1.54) is 50.7 Å². The average molecular weight is 1370 g/mol. The largest absolute Gasteiger partial charge is 0.488 e. The number of carboxylic acids is 1. The van der Waals surface area contributed by atoms with E-state index in [4.69, 9.17) is 5.73 Å². The lowest BCUT2D eigenvalue weighted by molar-refractivity contribution is -0.385. The minimum atomic E-state index is -2.01. The number of non-ortho nitro benzene ring substituents is 2. The normalized spacial score (nSPS) is 22.5. The smallest absolute Gasteiger partial charge is 0.480 e. The predicted octanol–water partition coefficient (Wildman–Crippen LogP) is 5.31. The molecule has 0 radical (unpaired) electrons. The van der Waals surface area contributed by atoms with Crippen LogP contribution in [0.2, 0.25) is 0 Å². The molecule has 30 heteroatoms. The second-order valence-electron chi connectivity index (χ2n) is 27.6.